The van der Waals surface area contributed by atoms with E-state index in [-0.39, 0.29) is 5.91 Å². The molecule has 2 rings (SSSR count). The molecule has 1 aliphatic heterocycles. The van der Waals surface area contributed by atoms with Crippen molar-refractivity contribution >= 4 is 5.91 Å². The lowest BCUT2D eigenvalue weighted by molar-refractivity contribution is 0.0724. The zero-order chi connectivity index (χ0) is 12.8. The summed E-state index contributed by atoms with van der Waals surface area (Å²) in [5.41, 5.74) is 6.85. The van der Waals surface area contributed by atoms with Crippen molar-refractivity contribution in [2.45, 2.75) is 19.3 Å². The maximum atomic E-state index is 12.4. The lowest BCUT2D eigenvalue weighted by Crippen LogP contribution is -2.35. The van der Waals surface area contributed by atoms with Crippen LogP contribution in [0.5, 0.6) is 0 Å². The lowest BCUT2D eigenvalue weighted by Gasteiger charge is -2.27. The van der Waals surface area contributed by atoms with Gasteiger partial charge in [-0.3, -0.25) is 4.79 Å². The second-order valence-corrected chi connectivity index (χ2v) is 4.40. The summed E-state index contributed by atoms with van der Waals surface area (Å²) in [7, 11) is 0. The van der Waals surface area contributed by atoms with Gasteiger partial charge in [0.1, 0.15) is 0 Å². The fraction of sp³-hybridized carbons (Fsp3) is 0.400. The van der Waals surface area contributed by atoms with Gasteiger partial charge in [-0.2, -0.15) is 0 Å². The highest BCUT2D eigenvalue weighted by atomic mass is 16.2. The van der Waals surface area contributed by atoms with Crippen LogP contribution >= 0.6 is 0 Å². The maximum Gasteiger partial charge on any atom is 0.255 e. The molecule has 0 aliphatic carbocycles. The first-order valence-corrected chi connectivity index (χ1v) is 6.40. The summed E-state index contributed by atoms with van der Waals surface area (Å²) in [4.78, 5) is 14.3. The predicted molar refractivity (Wildman–Crippen MR) is 72.1 cm³/mol. The summed E-state index contributed by atoms with van der Waals surface area (Å²) in [6.45, 7) is 2.03. The highest BCUT2D eigenvalue weighted by molar-refractivity contribution is 5.96. The molecular weight excluding hydrogens is 224 g/mol. The molecule has 3 heteroatoms. The van der Waals surface area contributed by atoms with Gasteiger partial charge in [0.2, 0.25) is 0 Å². The molecule has 0 spiro atoms. The van der Waals surface area contributed by atoms with Gasteiger partial charge in [0, 0.05) is 18.7 Å². The van der Waals surface area contributed by atoms with E-state index in [0.29, 0.717) is 12.1 Å². The fourth-order valence-electron chi connectivity index (χ4n) is 2.19. The number of hydrogen-bond acceptors (Lipinski definition) is 2. The first-order chi connectivity index (χ1) is 8.83. The van der Waals surface area contributed by atoms with Crippen molar-refractivity contribution in [2.75, 3.05) is 19.6 Å². The summed E-state index contributed by atoms with van der Waals surface area (Å²) in [5, 5.41) is 0. The largest absolute Gasteiger partial charge is 0.339 e. The molecule has 0 atom stereocenters. The Hall–Kier alpha value is -1.79. The molecule has 3 nitrogen and oxygen atoms in total. The molecule has 1 heterocycles. The van der Waals surface area contributed by atoms with Gasteiger partial charge in [-0.25, -0.2) is 0 Å². The van der Waals surface area contributed by atoms with Crippen LogP contribution in [0.3, 0.4) is 0 Å². The number of benzene rings is 1. The van der Waals surface area contributed by atoms with Crippen LogP contribution in [0.2, 0.25) is 0 Å². The number of carbonyl (C=O) groups is 1. The Morgan fingerprint density at radius 2 is 1.94 bits per heavy atom. The van der Waals surface area contributed by atoms with Gasteiger partial charge in [0.15, 0.2) is 0 Å². The molecule has 1 aromatic carbocycles. The molecule has 0 bridgehead atoms. The van der Waals surface area contributed by atoms with Crippen molar-refractivity contribution in [1.82, 2.24) is 4.90 Å². The summed E-state index contributed by atoms with van der Waals surface area (Å²) in [6, 6.07) is 7.50. The molecule has 1 fully saturated rings. The van der Waals surface area contributed by atoms with Crippen LogP contribution < -0.4 is 5.73 Å². The molecule has 0 saturated carbocycles. The van der Waals surface area contributed by atoms with Crippen LogP contribution in [-0.4, -0.2) is 30.4 Å². The van der Waals surface area contributed by atoms with Crippen molar-refractivity contribution < 1.29 is 4.79 Å². The van der Waals surface area contributed by atoms with E-state index in [1.807, 2.05) is 29.2 Å². The van der Waals surface area contributed by atoms with Crippen molar-refractivity contribution in [1.29, 1.82) is 0 Å². The topological polar surface area (TPSA) is 46.3 Å². The molecule has 0 unspecified atom stereocenters. The molecule has 18 heavy (non-hydrogen) atoms. The molecule has 1 aliphatic rings. The Labute approximate surface area is 108 Å². The van der Waals surface area contributed by atoms with E-state index in [2.05, 4.69) is 11.8 Å². The van der Waals surface area contributed by atoms with Crippen molar-refractivity contribution in [3.05, 3.63) is 35.4 Å². The second-order valence-electron chi connectivity index (χ2n) is 4.40. The highest BCUT2D eigenvalue weighted by Gasteiger charge is 2.19. The van der Waals surface area contributed by atoms with Gasteiger partial charge >= 0.3 is 0 Å². The van der Waals surface area contributed by atoms with E-state index in [1.165, 1.54) is 6.42 Å². The van der Waals surface area contributed by atoms with E-state index in [1.54, 1.807) is 0 Å². The van der Waals surface area contributed by atoms with Gasteiger partial charge in [0.25, 0.3) is 5.91 Å². The number of rotatable bonds is 1. The maximum absolute atomic E-state index is 12.4. The summed E-state index contributed by atoms with van der Waals surface area (Å²) >= 11 is 0. The van der Waals surface area contributed by atoms with Crippen LogP contribution in [0.25, 0.3) is 0 Å². The van der Waals surface area contributed by atoms with Crippen molar-refractivity contribution in [3.63, 3.8) is 0 Å². The van der Waals surface area contributed by atoms with Crippen molar-refractivity contribution in [2.24, 2.45) is 5.73 Å². The Balaban J connectivity index is 2.23. The SMILES string of the molecule is NCC#Cc1ccccc1C(=O)N1CCCCC1. The van der Waals surface area contributed by atoms with Crippen LogP contribution in [-0.2, 0) is 0 Å². The van der Waals surface area contributed by atoms with E-state index in [9.17, 15) is 4.79 Å². The van der Waals surface area contributed by atoms with E-state index in [4.69, 9.17) is 5.73 Å². The summed E-state index contributed by atoms with van der Waals surface area (Å²) in [6.07, 6.45) is 3.42. The number of amides is 1. The van der Waals surface area contributed by atoms with Crippen LogP contribution in [0.4, 0.5) is 0 Å². The minimum atomic E-state index is 0.0941. The number of likely N-dealkylation sites (tertiary alicyclic amines) is 1. The van der Waals surface area contributed by atoms with E-state index in [0.717, 1.165) is 31.5 Å². The van der Waals surface area contributed by atoms with E-state index >= 15 is 0 Å². The van der Waals surface area contributed by atoms with E-state index < -0.39 is 0 Å². The van der Waals surface area contributed by atoms with Gasteiger partial charge in [0.05, 0.1) is 12.1 Å². The quantitative estimate of drug-likeness (QED) is 0.761. The third-order valence-corrected chi connectivity index (χ3v) is 3.13. The summed E-state index contributed by atoms with van der Waals surface area (Å²) < 4.78 is 0. The van der Waals surface area contributed by atoms with Gasteiger partial charge in [-0.15, -0.1) is 0 Å². The third kappa shape index (κ3) is 2.91. The molecule has 0 aromatic heterocycles. The number of hydrogen-bond donors (Lipinski definition) is 1. The lowest BCUT2D eigenvalue weighted by atomic mass is 10.0. The minimum absolute atomic E-state index is 0.0941. The molecule has 1 saturated heterocycles. The van der Waals surface area contributed by atoms with Crippen LogP contribution in [0.1, 0.15) is 35.2 Å². The van der Waals surface area contributed by atoms with Crippen molar-refractivity contribution in [3.8, 4) is 11.8 Å². The van der Waals surface area contributed by atoms with Gasteiger partial charge in [-0.1, -0.05) is 24.0 Å². The zero-order valence-corrected chi connectivity index (χ0v) is 10.5. The number of carbonyl (C=O) groups excluding carboxylic acids is 1. The number of nitrogens with two attached hydrogens (primary N) is 1. The number of piperidine rings is 1. The first-order valence-electron chi connectivity index (χ1n) is 6.40. The average molecular weight is 242 g/mol. The van der Waals surface area contributed by atoms with Crippen LogP contribution in [0, 0.1) is 11.8 Å². The molecule has 1 amide bonds. The Bertz CT molecular complexity index is 479. The molecular formula is C15H18N2O. The molecule has 2 N–H and O–H groups in total. The monoisotopic (exact) mass is 242 g/mol. The second kappa shape index (κ2) is 6.23. The standard InChI is InChI=1S/C15H18N2O/c16-10-6-8-13-7-2-3-9-14(13)15(18)17-11-4-1-5-12-17/h2-3,7,9H,1,4-5,10-12,16H2. The third-order valence-electron chi connectivity index (χ3n) is 3.13. The van der Waals surface area contributed by atoms with Gasteiger partial charge < -0.3 is 10.6 Å². The molecule has 1 aromatic rings. The Kier molecular flexibility index (Phi) is 4.38. The molecule has 0 radical (unpaired) electrons. The zero-order valence-electron chi connectivity index (χ0n) is 10.5. The molecule has 94 valence electrons. The Morgan fingerprint density at radius 3 is 2.67 bits per heavy atom. The highest BCUT2D eigenvalue weighted by Crippen LogP contribution is 2.15. The minimum Gasteiger partial charge on any atom is -0.339 e. The smallest absolute Gasteiger partial charge is 0.255 e. The number of nitrogens with zero attached hydrogens (tertiary/aromatic N) is 1. The Morgan fingerprint density at radius 1 is 1.22 bits per heavy atom. The first kappa shape index (κ1) is 12.7. The fourth-order valence-corrected chi connectivity index (χ4v) is 2.19. The predicted octanol–water partition coefficient (Wildman–Crippen LogP) is 1.62. The average Bonchev–Trinajstić information content (AvgIpc) is 2.45. The summed E-state index contributed by atoms with van der Waals surface area (Å²) in [5.74, 6) is 5.87. The van der Waals surface area contributed by atoms with Gasteiger partial charge in [-0.05, 0) is 31.4 Å². The normalized spacial score (nSPS) is 14.8. The van der Waals surface area contributed by atoms with Crippen LogP contribution in [0.15, 0.2) is 24.3 Å².